The summed E-state index contributed by atoms with van der Waals surface area (Å²) in [7, 11) is 0. The van der Waals surface area contributed by atoms with E-state index in [1.165, 1.54) is 263 Å². The Hall–Kier alpha value is 1.11. The molecule has 0 aliphatic heterocycles. The predicted octanol–water partition coefficient (Wildman–Crippen LogP) is 12.9. The number of unbranched alkanes of at least 4 members (excludes halogenated alkanes) is 42. The second kappa shape index (κ2) is 49.1. The number of aliphatic carboxylic acids is 1. The van der Waals surface area contributed by atoms with Crippen LogP contribution in [0.3, 0.4) is 0 Å². The standard InChI is InChI=1S/C46H92O2.K/c1-2-3-4-5-6-7-8-9-10-11-12-13-14-15-16-17-18-19-20-21-22-23-24-25-26-27-28-29-30-31-32-33-34-35-36-37-38-39-40-41-42-43-44-45-46(47)48;/h2-45H2,1H3,(H,47,48);/q;+1/p-1. The van der Waals surface area contributed by atoms with Gasteiger partial charge in [-0.05, 0) is 12.8 Å². The topological polar surface area (TPSA) is 40.1 Å². The van der Waals surface area contributed by atoms with Gasteiger partial charge in [-0.1, -0.05) is 277 Å². The normalized spacial score (nSPS) is 11.3. The van der Waals surface area contributed by atoms with E-state index < -0.39 is 5.97 Å². The minimum atomic E-state index is -0.896. The van der Waals surface area contributed by atoms with Crippen molar-refractivity contribution in [2.24, 2.45) is 0 Å². The van der Waals surface area contributed by atoms with E-state index in [9.17, 15) is 9.90 Å². The zero-order valence-corrected chi connectivity index (χ0v) is 37.6. The molecule has 0 fully saturated rings. The smallest absolute Gasteiger partial charge is 0.550 e. The molecule has 288 valence electrons. The monoisotopic (exact) mass is 715 g/mol. The van der Waals surface area contributed by atoms with Crippen molar-refractivity contribution in [2.45, 2.75) is 289 Å². The molecule has 0 aromatic carbocycles. The van der Waals surface area contributed by atoms with Crippen molar-refractivity contribution in [3.63, 3.8) is 0 Å². The molecule has 2 nitrogen and oxygen atoms in total. The molecule has 0 spiro atoms. The zero-order chi connectivity index (χ0) is 34.7. The molecule has 0 radical (unpaired) electrons. The number of carbonyl (C=O) groups is 1. The molecule has 0 aliphatic rings. The summed E-state index contributed by atoms with van der Waals surface area (Å²) in [6.45, 7) is 2.31. The number of hydrogen-bond donors (Lipinski definition) is 0. The molecule has 49 heavy (non-hydrogen) atoms. The average Bonchev–Trinajstić information content (AvgIpc) is 3.08. The maximum Gasteiger partial charge on any atom is 1.00 e. The van der Waals surface area contributed by atoms with Gasteiger partial charge in [-0.3, -0.25) is 0 Å². The molecule has 0 unspecified atom stereocenters. The first kappa shape index (κ1) is 52.2. The SMILES string of the molecule is CCCCCCCCCCCCCCCCCCCCCCCCCCCCCCCCCCCCCCCCCCCCCC(=O)[O-].[K+]. The van der Waals surface area contributed by atoms with Crippen LogP contribution in [0.1, 0.15) is 289 Å². The first-order valence-corrected chi connectivity index (χ1v) is 23.0. The van der Waals surface area contributed by atoms with Crippen molar-refractivity contribution in [1.29, 1.82) is 0 Å². The van der Waals surface area contributed by atoms with Gasteiger partial charge in [-0.2, -0.15) is 0 Å². The maximum atomic E-state index is 10.4. The Kier molecular flexibility index (Phi) is 52.3. The van der Waals surface area contributed by atoms with Gasteiger partial charge in [0.1, 0.15) is 0 Å². The molecule has 3 heteroatoms. The Balaban J connectivity index is 0. The second-order valence-corrected chi connectivity index (χ2v) is 16.0. The number of carbonyl (C=O) groups excluding carboxylic acids is 1. The molecule has 0 N–H and O–H groups in total. The van der Waals surface area contributed by atoms with Gasteiger partial charge >= 0.3 is 51.4 Å². The first-order chi connectivity index (χ1) is 23.8. The Labute approximate surface area is 353 Å². The van der Waals surface area contributed by atoms with Crippen LogP contribution in [-0.4, -0.2) is 5.97 Å². The van der Waals surface area contributed by atoms with Crippen LogP contribution in [0.5, 0.6) is 0 Å². The summed E-state index contributed by atoms with van der Waals surface area (Å²) in [5, 5.41) is 10.4. The van der Waals surface area contributed by atoms with E-state index in [4.69, 9.17) is 0 Å². The van der Waals surface area contributed by atoms with Crippen LogP contribution >= 0.6 is 0 Å². The molecule has 0 saturated carbocycles. The van der Waals surface area contributed by atoms with Gasteiger partial charge < -0.3 is 9.90 Å². The minimum absolute atomic E-state index is 0. The Morgan fingerprint density at radius 2 is 0.388 bits per heavy atom. The largest absolute Gasteiger partial charge is 1.00 e. The van der Waals surface area contributed by atoms with Gasteiger partial charge in [-0.15, -0.1) is 0 Å². The van der Waals surface area contributed by atoms with Crippen molar-refractivity contribution < 1.29 is 61.3 Å². The molecule has 0 saturated heterocycles. The average molecular weight is 715 g/mol. The zero-order valence-electron chi connectivity index (χ0n) is 34.4. The summed E-state index contributed by atoms with van der Waals surface area (Å²) in [5.74, 6) is -0.896. The molecule has 0 bridgehead atoms. The fourth-order valence-electron chi connectivity index (χ4n) is 7.59. The van der Waals surface area contributed by atoms with E-state index in [1.807, 2.05) is 0 Å². The summed E-state index contributed by atoms with van der Waals surface area (Å²) < 4.78 is 0. The number of rotatable bonds is 44. The van der Waals surface area contributed by atoms with Crippen molar-refractivity contribution >= 4 is 5.97 Å². The Morgan fingerprint density at radius 1 is 0.265 bits per heavy atom. The molecule has 0 rings (SSSR count). The third kappa shape index (κ3) is 51.3. The molecular formula is C46H91KO2. The van der Waals surface area contributed by atoms with Crippen LogP contribution in [0.2, 0.25) is 0 Å². The van der Waals surface area contributed by atoms with Gasteiger partial charge in [0.05, 0.1) is 0 Å². The number of carboxylic acids is 1. The molecule has 0 aliphatic carbocycles. The summed E-state index contributed by atoms with van der Waals surface area (Å²) in [6, 6.07) is 0. The van der Waals surface area contributed by atoms with Gasteiger partial charge in [0, 0.05) is 5.97 Å². The third-order valence-electron chi connectivity index (χ3n) is 11.0. The molecule has 0 atom stereocenters. The molecule has 0 aromatic rings. The minimum Gasteiger partial charge on any atom is -0.550 e. The summed E-state index contributed by atoms with van der Waals surface area (Å²) >= 11 is 0. The van der Waals surface area contributed by atoms with Crippen LogP contribution in [0.25, 0.3) is 0 Å². The molecule has 0 aromatic heterocycles. The van der Waals surface area contributed by atoms with E-state index in [-0.39, 0.29) is 57.8 Å². The van der Waals surface area contributed by atoms with Crippen molar-refractivity contribution in [2.75, 3.05) is 0 Å². The van der Waals surface area contributed by atoms with Crippen LogP contribution in [0, 0.1) is 0 Å². The maximum absolute atomic E-state index is 10.4. The van der Waals surface area contributed by atoms with Gasteiger partial charge in [0.2, 0.25) is 0 Å². The molecule has 0 heterocycles. The third-order valence-corrected chi connectivity index (χ3v) is 11.0. The summed E-state index contributed by atoms with van der Waals surface area (Å²) in [6.07, 6.45) is 61.5. The van der Waals surface area contributed by atoms with Crippen LogP contribution in [0.4, 0.5) is 0 Å². The number of hydrogen-bond acceptors (Lipinski definition) is 2. The van der Waals surface area contributed by atoms with Gasteiger partial charge in [0.15, 0.2) is 0 Å². The van der Waals surface area contributed by atoms with E-state index in [0.29, 0.717) is 0 Å². The quantitative estimate of drug-likeness (QED) is 0.0466. The van der Waals surface area contributed by atoms with Crippen molar-refractivity contribution in [3.8, 4) is 0 Å². The van der Waals surface area contributed by atoms with Gasteiger partial charge in [-0.25, -0.2) is 0 Å². The second-order valence-electron chi connectivity index (χ2n) is 16.0. The first-order valence-electron chi connectivity index (χ1n) is 23.0. The Bertz CT molecular complexity index is 579. The molecular weight excluding hydrogens is 624 g/mol. The fraction of sp³-hybridized carbons (Fsp3) is 0.978. The predicted molar refractivity (Wildman–Crippen MR) is 214 cm³/mol. The van der Waals surface area contributed by atoms with Crippen molar-refractivity contribution in [3.05, 3.63) is 0 Å². The molecule has 0 amide bonds. The van der Waals surface area contributed by atoms with E-state index in [2.05, 4.69) is 6.92 Å². The number of carboxylic acid groups (broad SMARTS) is 1. The van der Waals surface area contributed by atoms with Gasteiger partial charge in [0.25, 0.3) is 0 Å². The van der Waals surface area contributed by atoms with Crippen LogP contribution in [-0.2, 0) is 4.79 Å². The van der Waals surface area contributed by atoms with Crippen molar-refractivity contribution in [1.82, 2.24) is 0 Å². The van der Waals surface area contributed by atoms with E-state index >= 15 is 0 Å². The summed E-state index contributed by atoms with van der Waals surface area (Å²) in [5.41, 5.74) is 0. The van der Waals surface area contributed by atoms with Crippen LogP contribution < -0.4 is 56.5 Å². The Morgan fingerprint density at radius 3 is 0.510 bits per heavy atom. The van der Waals surface area contributed by atoms with Crippen LogP contribution in [0.15, 0.2) is 0 Å². The fourth-order valence-corrected chi connectivity index (χ4v) is 7.59. The summed E-state index contributed by atoms with van der Waals surface area (Å²) in [4.78, 5) is 10.4. The van der Waals surface area contributed by atoms with E-state index in [0.717, 1.165) is 12.8 Å². The van der Waals surface area contributed by atoms with E-state index in [1.54, 1.807) is 0 Å².